The molecule has 358 valence electrons. The Bertz CT molecular complexity index is 4540. The molecule has 0 atom stereocenters. The molecule has 14 aromatic rings. The van der Waals surface area contributed by atoms with Crippen molar-refractivity contribution in [3.05, 3.63) is 325 Å². The normalized spacial score (nSPS) is 12.7. The van der Waals surface area contributed by atoms with Gasteiger partial charge in [-0.1, -0.05) is 303 Å². The summed E-state index contributed by atoms with van der Waals surface area (Å²) in [6, 6.07) is 108. The fourth-order valence-electron chi connectivity index (χ4n) is 13.2. The number of rotatable bonds is 8. The first kappa shape index (κ1) is 44.6. The predicted octanol–water partition coefficient (Wildman–Crippen LogP) is 20.7. The second-order valence-corrected chi connectivity index (χ2v) is 20.6. The molecule has 77 heavy (non-hydrogen) atoms. The molecule has 0 amide bonds. The molecule has 0 aromatic heterocycles. The van der Waals surface area contributed by atoms with Crippen molar-refractivity contribution in [2.75, 3.05) is 0 Å². The summed E-state index contributed by atoms with van der Waals surface area (Å²) in [5, 5.41) is 12.5. The lowest BCUT2D eigenvalue weighted by Gasteiger charge is -2.34. The molecule has 0 radical (unpaired) electrons. The third-order valence-corrected chi connectivity index (χ3v) is 16.6. The van der Waals surface area contributed by atoms with E-state index in [-0.39, 0.29) is 0 Å². The minimum atomic E-state index is -0.417. The SMILES string of the molecule is C(=Cc1ccc(-c2c3ccccc3c(-c3ccc(-c4ccc(C5(c6ccccc6)c6ccccc6-c6ccccc65)cc4)cc3)c3ccccc23)c2ccccc12)c1ccc(-c2cccc3ccccc23)c2ccccc12. The lowest BCUT2D eigenvalue weighted by atomic mass is 9.67. The molecule has 0 aliphatic heterocycles. The number of hydrogen-bond donors (Lipinski definition) is 0. The molecular weight excluding hydrogens is 925 g/mol. The van der Waals surface area contributed by atoms with E-state index in [0.717, 1.165) is 0 Å². The van der Waals surface area contributed by atoms with Crippen LogP contribution in [0.1, 0.15) is 33.4 Å². The van der Waals surface area contributed by atoms with Crippen LogP contribution in [0.3, 0.4) is 0 Å². The van der Waals surface area contributed by atoms with Crippen molar-refractivity contribution >= 4 is 66.0 Å². The molecule has 0 saturated heterocycles. The molecule has 1 aliphatic carbocycles. The Labute approximate surface area is 449 Å². The zero-order valence-electron chi connectivity index (χ0n) is 42.4. The van der Waals surface area contributed by atoms with Crippen molar-refractivity contribution in [3.63, 3.8) is 0 Å². The third kappa shape index (κ3) is 7.07. The topological polar surface area (TPSA) is 0 Å². The van der Waals surface area contributed by atoms with Gasteiger partial charge in [0.15, 0.2) is 0 Å². The van der Waals surface area contributed by atoms with Crippen LogP contribution in [0.5, 0.6) is 0 Å². The summed E-state index contributed by atoms with van der Waals surface area (Å²) in [5.41, 5.74) is 19.7. The lowest BCUT2D eigenvalue weighted by molar-refractivity contribution is 0.768. The van der Waals surface area contributed by atoms with Gasteiger partial charge in [-0.05, 0) is 143 Å². The average Bonchev–Trinajstić information content (AvgIpc) is 3.89. The largest absolute Gasteiger partial charge is 0.0713 e. The minimum Gasteiger partial charge on any atom is -0.0622 e. The first-order chi connectivity index (χ1) is 38.2. The van der Waals surface area contributed by atoms with E-state index >= 15 is 0 Å². The molecule has 14 aromatic carbocycles. The van der Waals surface area contributed by atoms with Gasteiger partial charge in [0.1, 0.15) is 0 Å². The Hall–Kier alpha value is -9.88. The van der Waals surface area contributed by atoms with Gasteiger partial charge < -0.3 is 0 Å². The predicted molar refractivity (Wildman–Crippen MR) is 328 cm³/mol. The number of benzene rings is 14. The second kappa shape index (κ2) is 18.2. The van der Waals surface area contributed by atoms with Crippen LogP contribution in [-0.2, 0) is 5.41 Å². The van der Waals surface area contributed by atoms with Crippen LogP contribution < -0.4 is 0 Å². The Balaban J connectivity index is 0.797. The molecular formula is C77H50. The van der Waals surface area contributed by atoms with Crippen LogP contribution in [0, 0.1) is 0 Å². The van der Waals surface area contributed by atoms with Crippen molar-refractivity contribution in [2.24, 2.45) is 0 Å². The van der Waals surface area contributed by atoms with Crippen LogP contribution in [0.4, 0.5) is 0 Å². The first-order valence-electron chi connectivity index (χ1n) is 26.8. The highest BCUT2D eigenvalue weighted by atomic mass is 14.5. The molecule has 0 bridgehead atoms. The van der Waals surface area contributed by atoms with Gasteiger partial charge in [-0.15, -0.1) is 0 Å². The van der Waals surface area contributed by atoms with Gasteiger partial charge in [0, 0.05) is 0 Å². The third-order valence-electron chi connectivity index (χ3n) is 16.6. The zero-order chi connectivity index (χ0) is 50.9. The maximum atomic E-state index is 2.36. The van der Waals surface area contributed by atoms with Gasteiger partial charge >= 0.3 is 0 Å². The Morgan fingerprint density at radius 1 is 0.208 bits per heavy atom. The van der Waals surface area contributed by atoms with Crippen LogP contribution in [0.15, 0.2) is 291 Å². The van der Waals surface area contributed by atoms with E-state index in [1.807, 2.05) is 0 Å². The smallest absolute Gasteiger partial charge is 0.0622 e. The standard InChI is InChI=1S/C77H50/c1-2-21-57(22-3-1)77(73-35-16-14-28-66(73)67-29-15-17-36-74(67)77)58-47-43-52(44-48-58)51-37-41-56(42-38-51)75-68-30-10-12-32-70(68)76(71-33-13-11-31-69(71)75)72-50-46-55(61-25-7-9-27-64(61)72)40-39-54-45-49-65(62-26-8-6-24-60(54)62)63-34-18-20-53-19-4-5-23-59(53)63/h1-50H. The monoisotopic (exact) mass is 974 g/mol. The van der Waals surface area contributed by atoms with Gasteiger partial charge in [-0.3, -0.25) is 0 Å². The zero-order valence-corrected chi connectivity index (χ0v) is 42.4. The van der Waals surface area contributed by atoms with E-state index in [1.165, 1.54) is 143 Å². The van der Waals surface area contributed by atoms with E-state index < -0.39 is 5.41 Å². The fourth-order valence-corrected chi connectivity index (χ4v) is 13.2. The lowest BCUT2D eigenvalue weighted by Crippen LogP contribution is -2.28. The van der Waals surface area contributed by atoms with Crippen molar-refractivity contribution in [1.82, 2.24) is 0 Å². The highest BCUT2D eigenvalue weighted by Crippen LogP contribution is 2.56. The van der Waals surface area contributed by atoms with Crippen molar-refractivity contribution in [1.29, 1.82) is 0 Å². The summed E-state index contributed by atoms with van der Waals surface area (Å²) < 4.78 is 0. The van der Waals surface area contributed by atoms with Crippen LogP contribution in [-0.4, -0.2) is 0 Å². The minimum absolute atomic E-state index is 0.417. The highest BCUT2D eigenvalue weighted by molar-refractivity contribution is 6.24. The molecule has 15 rings (SSSR count). The molecule has 0 unspecified atom stereocenters. The molecule has 0 heterocycles. The van der Waals surface area contributed by atoms with Gasteiger partial charge in [0.2, 0.25) is 0 Å². The highest BCUT2D eigenvalue weighted by Gasteiger charge is 2.45. The fraction of sp³-hybridized carbons (Fsp3) is 0.0130. The van der Waals surface area contributed by atoms with Crippen LogP contribution in [0.2, 0.25) is 0 Å². The Kier molecular flexibility index (Phi) is 10.5. The second-order valence-electron chi connectivity index (χ2n) is 20.6. The van der Waals surface area contributed by atoms with E-state index in [0.29, 0.717) is 0 Å². The van der Waals surface area contributed by atoms with E-state index in [2.05, 4.69) is 303 Å². The maximum Gasteiger partial charge on any atom is 0.0713 e. The van der Waals surface area contributed by atoms with Crippen LogP contribution in [0.25, 0.3) is 122 Å². The number of hydrogen-bond acceptors (Lipinski definition) is 0. The summed E-state index contributed by atoms with van der Waals surface area (Å²) in [4.78, 5) is 0. The quantitative estimate of drug-likeness (QED) is 0.105. The summed E-state index contributed by atoms with van der Waals surface area (Å²) in [6.45, 7) is 0. The van der Waals surface area contributed by atoms with Crippen LogP contribution >= 0.6 is 0 Å². The van der Waals surface area contributed by atoms with Crippen molar-refractivity contribution in [3.8, 4) is 55.6 Å². The molecule has 0 fully saturated rings. The van der Waals surface area contributed by atoms with Gasteiger partial charge in [-0.2, -0.15) is 0 Å². The molecule has 0 N–H and O–H groups in total. The summed E-state index contributed by atoms with van der Waals surface area (Å²) in [6.07, 6.45) is 4.60. The van der Waals surface area contributed by atoms with E-state index in [1.54, 1.807) is 0 Å². The summed E-state index contributed by atoms with van der Waals surface area (Å²) in [5.74, 6) is 0. The molecule has 0 nitrogen and oxygen atoms in total. The molecule has 1 aliphatic rings. The van der Waals surface area contributed by atoms with Crippen molar-refractivity contribution < 1.29 is 0 Å². The summed E-state index contributed by atoms with van der Waals surface area (Å²) >= 11 is 0. The van der Waals surface area contributed by atoms with Gasteiger partial charge in [-0.25, -0.2) is 0 Å². The maximum absolute atomic E-state index is 2.36. The average molecular weight is 975 g/mol. The Morgan fingerprint density at radius 3 is 1.17 bits per heavy atom. The van der Waals surface area contributed by atoms with Gasteiger partial charge in [0.25, 0.3) is 0 Å². The van der Waals surface area contributed by atoms with Gasteiger partial charge in [0.05, 0.1) is 5.41 Å². The molecule has 0 saturated carbocycles. The molecule has 0 heteroatoms. The molecule has 0 spiro atoms. The number of fused-ring (bicyclic) bond motifs is 8. The van der Waals surface area contributed by atoms with E-state index in [4.69, 9.17) is 0 Å². The Morgan fingerprint density at radius 2 is 0.584 bits per heavy atom. The van der Waals surface area contributed by atoms with E-state index in [9.17, 15) is 0 Å². The first-order valence-corrected chi connectivity index (χ1v) is 26.8. The summed E-state index contributed by atoms with van der Waals surface area (Å²) in [7, 11) is 0. The van der Waals surface area contributed by atoms with Crippen molar-refractivity contribution in [2.45, 2.75) is 5.41 Å².